The lowest BCUT2D eigenvalue weighted by atomic mass is 10.1. The van der Waals surface area contributed by atoms with Crippen LogP contribution in [0.5, 0.6) is 5.88 Å². The molecule has 1 aliphatic heterocycles. The molecule has 0 atom stereocenters. The number of aromatic nitrogens is 3. The van der Waals surface area contributed by atoms with Crippen LogP contribution in [0.2, 0.25) is 0 Å². The highest BCUT2D eigenvalue weighted by molar-refractivity contribution is 7.92. The molecule has 0 aliphatic carbocycles. The van der Waals surface area contributed by atoms with Gasteiger partial charge < -0.3 is 10.0 Å². The van der Waals surface area contributed by atoms with Crippen LogP contribution in [0, 0.1) is 0 Å². The molecule has 0 bridgehead atoms. The molecule has 1 fully saturated rings. The fourth-order valence-corrected chi connectivity index (χ4v) is 5.43. The zero-order valence-corrected chi connectivity index (χ0v) is 20.3. The number of halogens is 3. The average molecular weight is 533 g/mol. The van der Waals surface area contributed by atoms with Crippen LogP contribution in [0.15, 0.2) is 70.6 Å². The van der Waals surface area contributed by atoms with Crippen LogP contribution >= 0.6 is 0 Å². The van der Waals surface area contributed by atoms with Crippen molar-refractivity contribution in [3.8, 4) is 11.6 Å². The molecule has 37 heavy (non-hydrogen) atoms. The van der Waals surface area contributed by atoms with Crippen molar-refractivity contribution in [2.75, 3.05) is 18.0 Å². The zero-order chi connectivity index (χ0) is 26.4. The molecular formula is C25H23F3N4O4S. The highest BCUT2D eigenvalue weighted by Gasteiger charge is 2.46. The molecule has 1 N–H and O–H groups in total. The fraction of sp³-hybridized carbons (Fsp3) is 0.280. The minimum atomic E-state index is -5.53. The molecule has 3 heterocycles. The smallest absolute Gasteiger partial charge is 0.493 e. The summed E-state index contributed by atoms with van der Waals surface area (Å²) < 4.78 is 63.9. The quantitative estimate of drug-likeness (QED) is 0.413. The Morgan fingerprint density at radius 3 is 2.35 bits per heavy atom. The molecule has 4 aromatic rings. The van der Waals surface area contributed by atoms with E-state index in [9.17, 15) is 31.5 Å². The molecule has 0 saturated carbocycles. The van der Waals surface area contributed by atoms with E-state index in [-0.39, 0.29) is 12.2 Å². The Morgan fingerprint density at radius 1 is 0.973 bits per heavy atom. The molecule has 0 unspecified atom stereocenters. The van der Waals surface area contributed by atoms with Crippen molar-refractivity contribution in [1.29, 1.82) is 0 Å². The Kier molecular flexibility index (Phi) is 6.22. The first-order valence-electron chi connectivity index (χ1n) is 11.6. The van der Waals surface area contributed by atoms with Crippen molar-refractivity contribution in [2.45, 2.75) is 36.2 Å². The second-order valence-corrected chi connectivity index (χ2v) is 10.8. The molecule has 0 spiro atoms. The van der Waals surface area contributed by atoms with E-state index in [1.54, 1.807) is 12.3 Å². The summed E-state index contributed by atoms with van der Waals surface area (Å²) in [6.07, 6.45) is 6.32. The number of para-hydroxylation sites is 1. The SMILES string of the molecule is O=c1n(Cc2ccnc3c(N4CCCCC4)cccc23)cc(O)n1-c1ccc(S(=O)(=O)C(F)(F)F)cc1. The number of sulfone groups is 1. The van der Waals surface area contributed by atoms with E-state index in [0.29, 0.717) is 0 Å². The third-order valence-corrected chi connectivity index (χ3v) is 8.03. The van der Waals surface area contributed by atoms with Gasteiger partial charge in [0.15, 0.2) is 0 Å². The summed E-state index contributed by atoms with van der Waals surface area (Å²) in [5.41, 5.74) is -3.41. The van der Waals surface area contributed by atoms with Crippen LogP contribution in [0.4, 0.5) is 18.9 Å². The second kappa shape index (κ2) is 9.25. The number of fused-ring (bicyclic) bond motifs is 1. The molecule has 2 aromatic heterocycles. The van der Waals surface area contributed by atoms with E-state index in [0.717, 1.165) is 76.9 Å². The third kappa shape index (κ3) is 4.45. The summed E-state index contributed by atoms with van der Waals surface area (Å²) in [6.45, 7) is 2.01. The Hall–Kier alpha value is -3.80. The maximum Gasteiger partial charge on any atom is 0.501 e. The Morgan fingerprint density at radius 2 is 1.68 bits per heavy atom. The fourth-order valence-electron chi connectivity index (χ4n) is 4.67. The van der Waals surface area contributed by atoms with Gasteiger partial charge in [0.25, 0.3) is 9.84 Å². The number of benzene rings is 2. The second-order valence-electron chi connectivity index (χ2n) is 8.87. The van der Waals surface area contributed by atoms with Crippen LogP contribution in [0.1, 0.15) is 24.8 Å². The van der Waals surface area contributed by atoms with Crippen molar-refractivity contribution >= 4 is 26.4 Å². The van der Waals surface area contributed by atoms with Gasteiger partial charge >= 0.3 is 11.2 Å². The number of anilines is 1. The van der Waals surface area contributed by atoms with Crippen LogP contribution in [0.3, 0.4) is 0 Å². The van der Waals surface area contributed by atoms with Crippen molar-refractivity contribution in [1.82, 2.24) is 14.1 Å². The minimum Gasteiger partial charge on any atom is -0.493 e. The number of aromatic hydroxyl groups is 1. The molecular weight excluding hydrogens is 509 g/mol. The van der Waals surface area contributed by atoms with E-state index in [1.165, 1.54) is 17.2 Å². The molecule has 1 saturated heterocycles. The van der Waals surface area contributed by atoms with E-state index in [2.05, 4.69) is 9.88 Å². The Labute approximate surface area is 210 Å². The molecule has 12 heteroatoms. The summed E-state index contributed by atoms with van der Waals surface area (Å²) in [7, 11) is -5.53. The van der Waals surface area contributed by atoms with Crippen molar-refractivity contribution in [3.63, 3.8) is 0 Å². The molecule has 0 amide bonds. The summed E-state index contributed by atoms with van der Waals surface area (Å²) >= 11 is 0. The predicted molar refractivity (Wildman–Crippen MR) is 132 cm³/mol. The molecule has 0 radical (unpaired) electrons. The van der Waals surface area contributed by atoms with Gasteiger partial charge in [-0.15, -0.1) is 0 Å². The number of hydrogen-bond acceptors (Lipinski definition) is 6. The van der Waals surface area contributed by atoms with Gasteiger partial charge in [0, 0.05) is 24.7 Å². The molecule has 5 rings (SSSR count). The molecule has 8 nitrogen and oxygen atoms in total. The minimum absolute atomic E-state index is 0.0225. The van der Waals surface area contributed by atoms with Gasteiger partial charge in [-0.05, 0) is 61.2 Å². The number of alkyl halides is 3. The number of imidazole rings is 1. The zero-order valence-electron chi connectivity index (χ0n) is 19.5. The maximum absolute atomic E-state index is 13.1. The van der Waals surface area contributed by atoms with Gasteiger partial charge in [0.05, 0.1) is 34.5 Å². The van der Waals surface area contributed by atoms with Crippen molar-refractivity contribution in [3.05, 3.63) is 77.0 Å². The lowest BCUT2D eigenvalue weighted by molar-refractivity contribution is -0.0436. The molecule has 194 valence electrons. The highest BCUT2D eigenvalue weighted by Crippen LogP contribution is 2.32. The van der Waals surface area contributed by atoms with Crippen LogP contribution in [-0.2, 0) is 16.4 Å². The monoisotopic (exact) mass is 532 g/mol. The predicted octanol–water partition coefficient (Wildman–Crippen LogP) is 4.22. The normalized spacial score (nSPS) is 14.8. The van der Waals surface area contributed by atoms with Gasteiger partial charge in [0.1, 0.15) is 0 Å². The van der Waals surface area contributed by atoms with Crippen molar-refractivity contribution < 1.29 is 26.7 Å². The molecule has 1 aliphatic rings. The summed E-state index contributed by atoms with van der Waals surface area (Å²) in [5, 5.41) is 11.3. The first-order chi connectivity index (χ1) is 17.6. The number of pyridine rings is 1. The molecule has 2 aromatic carbocycles. The largest absolute Gasteiger partial charge is 0.501 e. The van der Waals surface area contributed by atoms with Gasteiger partial charge in [0.2, 0.25) is 5.88 Å². The van der Waals surface area contributed by atoms with E-state index >= 15 is 0 Å². The highest BCUT2D eigenvalue weighted by atomic mass is 32.2. The summed E-state index contributed by atoms with van der Waals surface area (Å²) in [4.78, 5) is 19.1. The van der Waals surface area contributed by atoms with Crippen LogP contribution in [-0.4, -0.2) is 46.2 Å². The van der Waals surface area contributed by atoms with Crippen LogP contribution < -0.4 is 10.6 Å². The standard InChI is InChI=1S/C25H23F3N4O4S/c26-25(27,28)37(35,36)19-9-7-18(8-10-19)32-22(33)16-31(24(32)34)15-17-11-12-29-23-20(17)5-4-6-21(23)30-13-2-1-3-14-30/h4-12,16,33H,1-3,13-15H2. The Balaban J connectivity index is 1.49. The number of piperidine rings is 1. The first-order valence-corrected chi connectivity index (χ1v) is 13.1. The van der Waals surface area contributed by atoms with E-state index in [4.69, 9.17) is 0 Å². The number of nitrogens with zero attached hydrogens (tertiary/aromatic N) is 4. The average Bonchev–Trinajstić information content (AvgIpc) is 3.16. The van der Waals surface area contributed by atoms with Gasteiger partial charge in [-0.3, -0.25) is 9.55 Å². The lowest BCUT2D eigenvalue weighted by Crippen LogP contribution is -2.29. The summed E-state index contributed by atoms with van der Waals surface area (Å²) in [6, 6.07) is 11.3. The number of hydrogen-bond donors (Lipinski definition) is 1. The van der Waals surface area contributed by atoms with Gasteiger partial charge in [-0.1, -0.05) is 12.1 Å². The topological polar surface area (TPSA) is 97.4 Å². The third-order valence-electron chi connectivity index (χ3n) is 6.52. The van der Waals surface area contributed by atoms with Gasteiger partial charge in [-0.2, -0.15) is 13.2 Å². The van der Waals surface area contributed by atoms with E-state index in [1.807, 2.05) is 18.2 Å². The Bertz CT molecular complexity index is 1620. The number of rotatable bonds is 5. The lowest BCUT2D eigenvalue weighted by Gasteiger charge is -2.29. The van der Waals surface area contributed by atoms with Gasteiger partial charge in [-0.25, -0.2) is 17.8 Å². The maximum atomic E-state index is 13.1. The summed E-state index contributed by atoms with van der Waals surface area (Å²) in [5.74, 6) is -0.441. The van der Waals surface area contributed by atoms with E-state index < -0.39 is 31.8 Å². The van der Waals surface area contributed by atoms with Crippen molar-refractivity contribution in [2.24, 2.45) is 0 Å². The first kappa shape index (κ1) is 24.9. The van der Waals surface area contributed by atoms with Crippen LogP contribution in [0.25, 0.3) is 16.6 Å².